The monoisotopic (exact) mass is 791 g/mol. The van der Waals surface area contributed by atoms with Crippen molar-refractivity contribution in [1.29, 1.82) is 0 Å². The molecule has 1 saturated carbocycles. The summed E-state index contributed by atoms with van der Waals surface area (Å²) < 4.78 is 29.7. The summed E-state index contributed by atoms with van der Waals surface area (Å²) in [4.78, 5) is 57.6. The van der Waals surface area contributed by atoms with E-state index in [-0.39, 0.29) is 49.5 Å². The van der Waals surface area contributed by atoms with Gasteiger partial charge >= 0.3 is 5.97 Å². The molecule has 13 nitrogen and oxygen atoms in total. The van der Waals surface area contributed by atoms with Crippen LogP contribution in [0.1, 0.15) is 112 Å². The molecule has 3 fully saturated rings. The first-order valence-corrected chi connectivity index (χ1v) is 20.8. The Morgan fingerprint density at radius 1 is 0.911 bits per heavy atom. The highest BCUT2D eigenvalue weighted by molar-refractivity contribution is 6.39. The average molecular weight is 792 g/mol. The van der Waals surface area contributed by atoms with Gasteiger partial charge in [0.25, 0.3) is 11.7 Å². The molecule has 13 heteroatoms. The smallest absolute Gasteiger partial charge is 0.329 e. The number of piperidine rings is 1. The third kappa shape index (κ3) is 10.7. The summed E-state index contributed by atoms with van der Waals surface area (Å²) in [5, 5.41) is 34.1. The molecule has 2 saturated heterocycles. The highest BCUT2D eigenvalue weighted by atomic mass is 16.7. The number of esters is 1. The highest BCUT2D eigenvalue weighted by Crippen LogP contribution is 2.39. The maximum absolute atomic E-state index is 14.3. The number of rotatable bonds is 6. The van der Waals surface area contributed by atoms with Crippen LogP contribution in [-0.2, 0) is 42.9 Å². The van der Waals surface area contributed by atoms with E-state index in [1.54, 1.807) is 21.0 Å². The Labute approximate surface area is 333 Å². The molecule has 1 aliphatic carbocycles. The number of cyclic esters (lactones) is 1. The summed E-state index contributed by atoms with van der Waals surface area (Å²) in [5.41, 5.74) is 1.66. The van der Waals surface area contributed by atoms with Crippen molar-refractivity contribution in [2.75, 3.05) is 27.9 Å². The number of hydrogen-bond acceptors (Lipinski definition) is 12. The molecule has 14 atom stereocenters. The molecule has 318 valence electrons. The van der Waals surface area contributed by atoms with Crippen LogP contribution in [0, 0.1) is 29.6 Å². The average Bonchev–Trinajstić information content (AvgIpc) is 3.18. The molecule has 0 aromatic rings. The largest absolute Gasteiger partial charge is 0.456 e. The summed E-state index contributed by atoms with van der Waals surface area (Å²) in [6.45, 7) is 11.3. The van der Waals surface area contributed by atoms with E-state index >= 15 is 0 Å². The molecule has 0 aromatic carbocycles. The van der Waals surface area contributed by atoms with Gasteiger partial charge in [0, 0.05) is 52.0 Å². The number of ketones is 2. The van der Waals surface area contributed by atoms with Crippen LogP contribution in [0.2, 0.25) is 0 Å². The Balaban J connectivity index is 1.76. The lowest BCUT2D eigenvalue weighted by atomic mass is 9.81. The zero-order chi connectivity index (χ0) is 41.5. The minimum Gasteiger partial charge on any atom is -0.456 e. The number of allylic oxidation sites excluding steroid dienone is 3. The number of methoxy groups -OCH3 is 3. The number of nitrogens with zero attached hydrogens (tertiary/aromatic N) is 1. The molecular weight excluding hydrogens is 722 g/mol. The second-order valence-corrected chi connectivity index (χ2v) is 17.2. The maximum Gasteiger partial charge on any atom is 0.329 e. The van der Waals surface area contributed by atoms with Crippen LogP contribution in [0.3, 0.4) is 0 Å². The van der Waals surface area contributed by atoms with Gasteiger partial charge in [0.2, 0.25) is 5.79 Å². The molecule has 3 N–H and O–H groups in total. The number of ether oxygens (including phenoxy) is 5. The zero-order valence-corrected chi connectivity index (χ0v) is 35.1. The van der Waals surface area contributed by atoms with Crippen LogP contribution in [0.15, 0.2) is 23.3 Å². The van der Waals surface area contributed by atoms with Crippen molar-refractivity contribution in [2.24, 2.45) is 29.6 Å². The van der Waals surface area contributed by atoms with Crippen molar-refractivity contribution < 1.29 is 58.2 Å². The Hall–Kier alpha value is -2.52. The van der Waals surface area contributed by atoms with Gasteiger partial charge in [-0.05, 0) is 95.5 Å². The van der Waals surface area contributed by atoms with Gasteiger partial charge in [0.1, 0.15) is 24.0 Å². The number of amides is 1. The fraction of sp³-hybridized carbons (Fsp3) is 0.814. The van der Waals surface area contributed by atoms with Crippen molar-refractivity contribution in [1.82, 2.24) is 4.90 Å². The number of aliphatic hydroxyl groups is 3. The molecule has 56 heavy (non-hydrogen) atoms. The first-order valence-electron chi connectivity index (χ1n) is 20.8. The minimum absolute atomic E-state index is 0.000914. The molecule has 4 rings (SSSR count). The van der Waals surface area contributed by atoms with E-state index in [0.29, 0.717) is 56.9 Å². The maximum atomic E-state index is 14.3. The van der Waals surface area contributed by atoms with Crippen molar-refractivity contribution in [3.05, 3.63) is 23.3 Å². The van der Waals surface area contributed by atoms with E-state index in [2.05, 4.69) is 6.92 Å². The second kappa shape index (κ2) is 20.4. The van der Waals surface area contributed by atoms with Crippen LogP contribution < -0.4 is 0 Å². The standard InChI is InChI=1S/C43H69NO12/c1-10-30-18-24(2)17-25(3)19-36(53-8)39-37(54-9)21-27(5)43(51,56-39)40(48)41(49)44-16-12-11-13-31(44)42(50)55-38(28(6)33(46)23-34(30)47)26(4)20-29-14-15-32(45)35(22-29)52-7/h18,20,25,27-33,35-39,45-46,51H,10-17,19,21-23H2,1-9H3/b24-18-,26-20+/t25-,27+,28+,29?,30+,31-,32-,33-,35?,36-,37-,38+,39+,43+/m0/s1. The Morgan fingerprint density at radius 2 is 1.57 bits per heavy atom. The van der Waals surface area contributed by atoms with Crippen LogP contribution in [0.25, 0.3) is 0 Å². The van der Waals surface area contributed by atoms with Crippen molar-refractivity contribution in [3.63, 3.8) is 0 Å². The quantitative estimate of drug-likeness (QED) is 0.196. The molecule has 2 unspecified atom stereocenters. The molecule has 2 bridgehead atoms. The molecule has 0 aromatic heterocycles. The van der Waals surface area contributed by atoms with Crippen LogP contribution in [0.4, 0.5) is 0 Å². The van der Waals surface area contributed by atoms with E-state index in [9.17, 15) is 34.5 Å². The Morgan fingerprint density at radius 3 is 2.21 bits per heavy atom. The normalized spacial score (nSPS) is 41.6. The summed E-state index contributed by atoms with van der Waals surface area (Å²) in [6, 6.07) is -1.13. The molecule has 0 spiro atoms. The Bertz CT molecular complexity index is 1430. The number of carbonyl (C=O) groups is 4. The van der Waals surface area contributed by atoms with Crippen molar-refractivity contribution >= 4 is 23.4 Å². The number of Topliss-reactive ketones (excluding diaryl/α,β-unsaturated/α-hetero) is 2. The molecule has 4 aliphatic rings. The second-order valence-electron chi connectivity index (χ2n) is 17.2. The third-order valence-electron chi connectivity index (χ3n) is 12.9. The van der Waals surface area contributed by atoms with E-state index < -0.39 is 83.9 Å². The lowest BCUT2D eigenvalue weighted by Gasteiger charge is -2.47. The minimum atomic E-state index is -2.50. The van der Waals surface area contributed by atoms with Gasteiger partial charge in [-0.25, -0.2) is 4.79 Å². The fourth-order valence-electron chi connectivity index (χ4n) is 9.39. The summed E-state index contributed by atoms with van der Waals surface area (Å²) in [7, 11) is 4.63. The van der Waals surface area contributed by atoms with Gasteiger partial charge in [-0.15, -0.1) is 0 Å². The zero-order valence-electron chi connectivity index (χ0n) is 35.1. The molecule has 3 heterocycles. The number of aliphatic hydroxyl groups excluding tert-OH is 2. The highest BCUT2D eigenvalue weighted by Gasteiger charge is 2.56. The van der Waals surface area contributed by atoms with Gasteiger partial charge in [0.05, 0.1) is 30.5 Å². The van der Waals surface area contributed by atoms with Crippen molar-refractivity contribution in [3.8, 4) is 0 Å². The summed E-state index contributed by atoms with van der Waals surface area (Å²) in [5.74, 6) is -7.50. The fourth-order valence-corrected chi connectivity index (χ4v) is 9.39. The van der Waals surface area contributed by atoms with Gasteiger partial charge in [0.15, 0.2) is 0 Å². The number of fused-ring (bicyclic) bond motifs is 3. The van der Waals surface area contributed by atoms with Crippen LogP contribution in [0.5, 0.6) is 0 Å². The predicted molar refractivity (Wildman–Crippen MR) is 208 cm³/mol. The molecular formula is C43H69NO12. The summed E-state index contributed by atoms with van der Waals surface area (Å²) >= 11 is 0. The number of hydrogen-bond donors (Lipinski definition) is 3. The Kier molecular flexibility index (Phi) is 16.9. The van der Waals surface area contributed by atoms with Gasteiger partial charge in [-0.2, -0.15) is 0 Å². The van der Waals surface area contributed by atoms with Crippen LogP contribution >= 0.6 is 0 Å². The first kappa shape index (κ1) is 46.2. The van der Waals surface area contributed by atoms with E-state index in [4.69, 9.17) is 23.7 Å². The lowest BCUT2D eigenvalue weighted by molar-refractivity contribution is -0.302. The SMILES string of the molecule is CC[C@@H]1/C=C(/C)C[C@H](C)C[C@H](OC)[C@H]2O[C@@](O)(C(=O)C(=O)N3CCCC[C@H]3C(=O)O[C@H](/C(C)=C/C3CC[C@H](O)C(OC)C3)[C@H](C)[C@@H](O)CC1=O)[C@H](C)C[C@@H]2OC. The van der Waals surface area contributed by atoms with Crippen LogP contribution in [-0.4, -0.2) is 126 Å². The summed E-state index contributed by atoms with van der Waals surface area (Å²) in [6.07, 6.45) is 3.72. The third-order valence-corrected chi connectivity index (χ3v) is 12.9. The lowest BCUT2D eigenvalue weighted by Crippen LogP contribution is -2.64. The van der Waals surface area contributed by atoms with Gasteiger partial charge < -0.3 is 43.9 Å². The predicted octanol–water partition coefficient (Wildman–Crippen LogP) is 4.47. The molecule has 3 aliphatic heterocycles. The van der Waals surface area contributed by atoms with Crippen molar-refractivity contribution in [2.45, 2.75) is 167 Å². The molecule has 0 radical (unpaired) electrons. The van der Waals surface area contributed by atoms with E-state index in [1.807, 2.05) is 32.9 Å². The number of carbonyl (C=O) groups excluding carboxylic acids is 4. The molecule has 1 amide bonds. The van der Waals surface area contributed by atoms with E-state index in [1.165, 1.54) is 19.1 Å². The van der Waals surface area contributed by atoms with Gasteiger partial charge in [-0.1, -0.05) is 45.4 Å². The van der Waals surface area contributed by atoms with Gasteiger partial charge in [-0.3, -0.25) is 14.4 Å². The topological polar surface area (TPSA) is 178 Å². The first-order chi connectivity index (χ1) is 26.5. The van der Waals surface area contributed by atoms with E-state index in [0.717, 1.165) is 5.57 Å².